The van der Waals surface area contributed by atoms with Gasteiger partial charge in [0.05, 0.1) is 90.5 Å². The van der Waals surface area contributed by atoms with E-state index < -0.39 is 0 Å². The van der Waals surface area contributed by atoms with Gasteiger partial charge in [-0.3, -0.25) is 0 Å². The Morgan fingerprint density at radius 1 is 0.344 bits per heavy atom. The van der Waals surface area contributed by atoms with Crippen molar-refractivity contribution >= 4 is 47.2 Å². The van der Waals surface area contributed by atoms with Crippen molar-refractivity contribution in [2.75, 3.05) is 0 Å². The van der Waals surface area contributed by atoms with Crippen molar-refractivity contribution in [1.29, 1.82) is 0 Å². The second kappa shape index (κ2) is 15.4. The first kappa shape index (κ1) is 36.7. The number of rotatable bonds is 5. The van der Waals surface area contributed by atoms with Crippen LogP contribution in [0.2, 0.25) is 0 Å². The average molecular weight is 831 g/mol. The summed E-state index contributed by atoms with van der Waals surface area (Å²) in [5.41, 5.74) is 17.3. The summed E-state index contributed by atoms with van der Waals surface area (Å²) in [6.07, 6.45) is 28.2. The Morgan fingerprint density at radius 3 is 1.28 bits per heavy atom. The van der Waals surface area contributed by atoms with E-state index in [-0.39, 0.29) is 0 Å². The molecule has 0 saturated carbocycles. The minimum Gasteiger partial charge on any atom is -0.360 e. The van der Waals surface area contributed by atoms with Gasteiger partial charge in [-0.25, -0.2) is 20.0 Å². The van der Waals surface area contributed by atoms with Gasteiger partial charge in [-0.1, -0.05) is 0 Å². The zero-order chi connectivity index (χ0) is 42.4. The summed E-state index contributed by atoms with van der Waals surface area (Å²) in [5, 5.41) is 4.14. The zero-order valence-electron chi connectivity index (χ0n) is 34.1. The van der Waals surface area contributed by atoms with Crippen LogP contribution in [0.5, 0.6) is 0 Å². The van der Waals surface area contributed by atoms with Gasteiger partial charge in [0, 0.05) is 45.9 Å². The fourth-order valence-electron chi connectivity index (χ4n) is 8.07. The second-order valence-electron chi connectivity index (χ2n) is 15.7. The number of nitrogens with one attached hydrogen (secondary N) is 8. The monoisotopic (exact) mass is 830 g/mol. The molecular weight excluding hydrogens is 793 g/mol. The molecule has 0 atom stereocenters. The Balaban J connectivity index is 0.000000135. The first-order chi connectivity index (χ1) is 31.6. The number of nitrogens with zero attached hydrogens (tertiary/aromatic N) is 4. The first-order valence-electron chi connectivity index (χ1n) is 20.9. The van der Waals surface area contributed by atoms with Crippen LogP contribution in [-0.4, -0.2) is 62.7 Å². The van der Waals surface area contributed by atoms with Crippen LogP contribution in [0.1, 0.15) is 34.2 Å². The number of hydrogen-bond acceptors (Lipinski definition) is 4. The minimum atomic E-state index is 0.866. The molecule has 12 nitrogen and oxygen atoms in total. The molecular formula is C52H38N12. The standard InChI is InChI=1S/C26H18N6.C26H20N6/c1-5-19-20-6-2-16(28-20)14-18-4-8-22(30-18)24-10-12-26(32-24)25-11-9-23(31-25)21-7-3-17(29-21)13-15(1)27-19;1-3-21(27-13-1)23-9-5-17(29-23)15-19-7-11-25(31-19)26-12-8-20(32-26)16-18-6-10-24(30-18)22-4-2-14-28-22/h1-14,27-30H;1-16,27-30H/b;19-15-,20-16?. The van der Waals surface area contributed by atoms with Crippen molar-refractivity contribution in [3.63, 3.8) is 0 Å². The Kier molecular flexibility index (Phi) is 8.82. The summed E-state index contributed by atoms with van der Waals surface area (Å²) < 4.78 is 0. The summed E-state index contributed by atoms with van der Waals surface area (Å²) in [6.45, 7) is 0. The lowest BCUT2D eigenvalue weighted by Crippen LogP contribution is -2.04. The highest BCUT2D eigenvalue weighted by Crippen LogP contribution is 2.25. The smallest absolute Gasteiger partial charge is 0.0895 e. The van der Waals surface area contributed by atoms with Gasteiger partial charge in [-0.15, -0.1) is 0 Å². The summed E-state index contributed by atoms with van der Waals surface area (Å²) in [5.74, 6) is 0. The largest absolute Gasteiger partial charge is 0.360 e. The SMILES string of the molecule is C1=CC(C2=N/C(=C\c3ccc(-c4ccc[nH]4)[nH]3)C=C2)=NC1=Cc1ccc(-c2ccc[nH]2)[nH]1.C1=CC2=C3C=CC(=N3)c3ccc([nH]3)C=c3ccc([nH]3)=c3ccc([nH]3)=Cc3ccc([nH]3)C1=N2. The van der Waals surface area contributed by atoms with Crippen molar-refractivity contribution in [1.82, 2.24) is 39.9 Å². The number of fused-ring (bicyclic) bond motifs is 12. The molecule has 0 aromatic carbocycles. The summed E-state index contributed by atoms with van der Waals surface area (Å²) in [6, 6.07) is 32.9. The van der Waals surface area contributed by atoms with Crippen LogP contribution >= 0.6 is 0 Å². The van der Waals surface area contributed by atoms with E-state index in [1.165, 1.54) is 0 Å². The van der Waals surface area contributed by atoms with Crippen molar-refractivity contribution in [2.24, 2.45) is 20.0 Å². The van der Waals surface area contributed by atoms with E-state index in [0.717, 1.165) is 124 Å². The summed E-state index contributed by atoms with van der Waals surface area (Å²) in [4.78, 5) is 46.2. The maximum Gasteiger partial charge on any atom is 0.0895 e. The van der Waals surface area contributed by atoms with Crippen LogP contribution in [0.3, 0.4) is 0 Å². The zero-order valence-corrected chi connectivity index (χ0v) is 34.1. The highest BCUT2D eigenvalue weighted by atomic mass is 14.9. The first-order valence-corrected chi connectivity index (χ1v) is 20.9. The molecule has 0 saturated heterocycles. The van der Waals surface area contributed by atoms with E-state index >= 15 is 0 Å². The van der Waals surface area contributed by atoms with Gasteiger partial charge in [-0.05, 0) is 170 Å². The van der Waals surface area contributed by atoms with Gasteiger partial charge in [0.15, 0.2) is 0 Å². The Bertz CT molecular complexity index is 3460. The lowest BCUT2D eigenvalue weighted by molar-refractivity contribution is 1.17. The van der Waals surface area contributed by atoms with E-state index in [1.54, 1.807) is 0 Å². The van der Waals surface area contributed by atoms with Crippen LogP contribution in [0.25, 0.3) is 47.1 Å². The third kappa shape index (κ3) is 7.37. The molecule has 5 aliphatic heterocycles. The molecule has 0 radical (unpaired) electrons. The molecule has 13 heterocycles. The predicted molar refractivity (Wildman–Crippen MR) is 256 cm³/mol. The van der Waals surface area contributed by atoms with Crippen molar-refractivity contribution in [2.45, 2.75) is 0 Å². The molecule has 12 heteroatoms. The molecule has 8 N–H and O–H groups in total. The van der Waals surface area contributed by atoms with Gasteiger partial charge < -0.3 is 39.9 Å². The highest BCUT2D eigenvalue weighted by molar-refractivity contribution is 6.52. The molecule has 306 valence electrons. The number of hydrogen-bond donors (Lipinski definition) is 8. The summed E-state index contributed by atoms with van der Waals surface area (Å²) >= 11 is 0. The second-order valence-corrected chi connectivity index (χ2v) is 15.7. The number of aromatic nitrogens is 8. The van der Waals surface area contributed by atoms with E-state index in [1.807, 2.05) is 97.4 Å². The van der Waals surface area contributed by atoms with Crippen LogP contribution in [0, 0.1) is 10.7 Å². The normalized spacial score (nSPS) is 16.8. The molecule has 64 heavy (non-hydrogen) atoms. The fourth-order valence-corrected chi connectivity index (χ4v) is 8.07. The van der Waals surface area contributed by atoms with Gasteiger partial charge in [-0.2, -0.15) is 0 Å². The molecule has 12 bridgehead atoms. The predicted octanol–water partition coefficient (Wildman–Crippen LogP) is 8.62. The molecule has 0 amide bonds. The highest BCUT2D eigenvalue weighted by Gasteiger charge is 2.17. The van der Waals surface area contributed by atoms with Crippen LogP contribution in [0.15, 0.2) is 201 Å². The van der Waals surface area contributed by atoms with Crippen molar-refractivity contribution in [3.8, 4) is 22.8 Å². The number of aliphatic imine (C=N–C) groups is 4. The maximum atomic E-state index is 4.80. The molecule has 13 rings (SSSR count). The van der Waals surface area contributed by atoms with Crippen LogP contribution in [-0.2, 0) is 0 Å². The number of aromatic amines is 8. The molecule has 8 aromatic heterocycles. The Morgan fingerprint density at radius 2 is 0.812 bits per heavy atom. The van der Waals surface area contributed by atoms with Crippen molar-refractivity contribution in [3.05, 3.63) is 236 Å². The van der Waals surface area contributed by atoms with Gasteiger partial charge >= 0.3 is 0 Å². The number of H-pyrrole nitrogens is 8. The average Bonchev–Trinajstić information content (AvgIpc) is 4.14. The van der Waals surface area contributed by atoms with Crippen molar-refractivity contribution < 1.29 is 0 Å². The molecule has 0 aliphatic carbocycles. The molecule has 0 spiro atoms. The molecule has 0 fully saturated rings. The number of allylic oxidation sites excluding steroid dienone is 8. The molecule has 0 unspecified atom stereocenters. The lowest BCUT2D eigenvalue weighted by Gasteiger charge is -1.96. The van der Waals surface area contributed by atoms with Gasteiger partial charge in [0.2, 0.25) is 0 Å². The van der Waals surface area contributed by atoms with Gasteiger partial charge in [0.1, 0.15) is 0 Å². The van der Waals surface area contributed by atoms with Crippen LogP contribution in [0.4, 0.5) is 0 Å². The maximum absolute atomic E-state index is 4.80. The fraction of sp³-hybridized carbons (Fsp3) is 0. The summed E-state index contributed by atoms with van der Waals surface area (Å²) in [7, 11) is 0. The quantitative estimate of drug-likeness (QED) is 0.0830. The third-order valence-corrected chi connectivity index (χ3v) is 11.2. The van der Waals surface area contributed by atoms with E-state index in [2.05, 4.69) is 125 Å². The van der Waals surface area contributed by atoms with E-state index in [0.29, 0.717) is 0 Å². The Labute approximate surface area is 364 Å². The van der Waals surface area contributed by atoms with Gasteiger partial charge in [0.25, 0.3) is 0 Å². The van der Waals surface area contributed by atoms with E-state index in [4.69, 9.17) is 20.0 Å². The molecule has 8 aromatic rings. The van der Waals surface area contributed by atoms with Crippen LogP contribution < -0.4 is 10.7 Å². The topological polar surface area (TPSA) is 176 Å². The molecule has 5 aliphatic rings. The lowest BCUT2D eigenvalue weighted by atomic mass is 10.2. The van der Waals surface area contributed by atoms with E-state index in [9.17, 15) is 0 Å². The third-order valence-electron chi connectivity index (χ3n) is 11.2. The Hall–Kier alpha value is -9.16. The minimum absolute atomic E-state index is 0.866.